The number of ether oxygens (including phenoxy) is 1. The van der Waals surface area contributed by atoms with E-state index in [1.807, 2.05) is 40.6 Å². The van der Waals surface area contributed by atoms with Crippen LogP contribution in [0.15, 0.2) is 24.3 Å². The highest BCUT2D eigenvalue weighted by Crippen LogP contribution is 2.27. The van der Waals surface area contributed by atoms with E-state index in [-0.39, 0.29) is 5.91 Å². The van der Waals surface area contributed by atoms with Crippen molar-refractivity contribution in [2.24, 2.45) is 0 Å². The molecule has 4 rings (SSSR count). The second kappa shape index (κ2) is 5.35. The molecule has 1 aromatic carbocycles. The summed E-state index contributed by atoms with van der Waals surface area (Å²) in [5.74, 6) is -0.0704. The molecule has 2 aromatic heterocycles. The van der Waals surface area contributed by atoms with Crippen molar-refractivity contribution < 1.29 is 9.53 Å². The number of hydrogen-bond donors (Lipinski definition) is 1. The Morgan fingerprint density at radius 1 is 1.32 bits per heavy atom. The minimum atomic E-state index is -0.0704. The van der Waals surface area contributed by atoms with Crippen molar-refractivity contribution in [3.05, 3.63) is 34.8 Å². The zero-order valence-electron chi connectivity index (χ0n) is 12.2. The normalized spacial score (nSPS) is 16.4. The Kier molecular flexibility index (Phi) is 3.33. The zero-order chi connectivity index (χ0) is 15.1. The first-order chi connectivity index (χ1) is 10.7. The van der Waals surface area contributed by atoms with Crippen LogP contribution in [0, 0.1) is 6.92 Å². The number of para-hydroxylation sites is 2. The lowest BCUT2D eigenvalue weighted by molar-refractivity contribution is 0.0127. The molecular formula is C15H16N4O2S. The summed E-state index contributed by atoms with van der Waals surface area (Å²) in [5, 5.41) is 1.91. The minimum Gasteiger partial charge on any atom is -0.379 e. The molecule has 1 aliphatic heterocycles. The van der Waals surface area contributed by atoms with Gasteiger partial charge >= 0.3 is 0 Å². The molecule has 0 spiro atoms. The molecule has 0 bridgehead atoms. The number of rotatable bonds is 2. The van der Waals surface area contributed by atoms with Gasteiger partial charge < -0.3 is 4.74 Å². The number of benzene rings is 1. The van der Waals surface area contributed by atoms with E-state index < -0.39 is 0 Å². The van der Waals surface area contributed by atoms with Crippen LogP contribution >= 0.6 is 11.3 Å². The van der Waals surface area contributed by atoms with E-state index in [9.17, 15) is 4.79 Å². The van der Waals surface area contributed by atoms with Crippen LogP contribution in [0.5, 0.6) is 0 Å². The van der Waals surface area contributed by atoms with E-state index in [0.29, 0.717) is 18.1 Å². The van der Waals surface area contributed by atoms with Crippen molar-refractivity contribution in [3.63, 3.8) is 0 Å². The molecule has 0 unspecified atom stereocenters. The smallest absolute Gasteiger partial charge is 0.277 e. The molecule has 1 N–H and O–H groups in total. The van der Waals surface area contributed by atoms with E-state index in [0.717, 1.165) is 34.8 Å². The Morgan fingerprint density at radius 2 is 2.09 bits per heavy atom. The maximum atomic E-state index is 12.5. The second-order valence-electron chi connectivity index (χ2n) is 5.28. The van der Waals surface area contributed by atoms with Crippen molar-refractivity contribution in [2.45, 2.75) is 6.92 Å². The maximum absolute atomic E-state index is 12.5. The number of aromatic nitrogens is 2. The van der Waals surface area contributed by atoms with Gasteiger partial charge in [0.05, 0.1) is 24.2 Å². The number of thiazole rings is 1. The molecule has 6 nitrogen and oxygen atoms in total. The fraction of sp³-hybridized carbons (Fsp3) is 0.333. The Bertz CT molecular complexity index is 848. The number of morpholine rings is 1. The van der Waals surface area contributed by atoms with Gasteiger partial charge in [-0.25, -0.2) is 9.99 Å². The highest BCUT2D eigenvalue weighted by atomic mass is 32.1. The molecule has 3 aromatic rings. The van der Waals surface area contributed by atoms with Gasteiger partial charge in [0, 0.05) is 18.8 Å². The van der Waals surface area contributed by atoms with Gasteiger partial charge in [-0.05, 0) is 19.1 Å². The number of carbonyl (C=O) groups is 1. The van der Waals surface area contributed by atoms with Crippen molar-refractivity contribution >= 4 is 33.2 Å². The van der Waals surface area contributed by atoms with Crippen molar-refractivity contribution in [3.8, 4) is 0 Å². The predicted molar refractivity (Wildman–Crippen MR) is 85.2 cm³/mol. The highest BCUT2D eigenvalue weighted by Gasteiger charge is 2.21. The number of aryl methyl sites for hydroxylation is 1. The van der Waals surface area contributed by atoms with Gasteiger partial charge in [-0.15, -0.1) is 0 Å². The molecule has 1 aliphatic rings. The fourth-order valence-electron chi connectivity index (χ4n) is 2.74. The molecule has 22 heavy (non-hydrogen) atoms. The van der Waals surface area contributed by atoms with Gasteiger partial charge in [0.25, 0.3) is 5.91 Å². The van der Waals surface area contributed by atoms with E-state index in [1.54, 1.807) is 0 Å². The van der Waals surface area contributed by atoms with Crippen LogP contribution in [0.4, 0.5) is 0 Å². The van der Waals surface area contributed by atoms with Gasteiger partial charge in [0.1, 0.15) is 4.88 Å². The zero-order valence-corrected chi connectivity index (χ0v) is 13.0. The number of fused-ring (bicyclic) bond motifs is 3. The van der Waals surface area contributed by atoms with Crippen molar-refractivity contribution in [1.29, 1.82) is 0 Å². The van der Waals surface area contributed by atoms with Crippen LogP contribution in [-0.2, 0) is 4.74 Å². The molecule has 7 heteroatoms. The molecular weight excluding hydrogens is 300 g/mol. The summed E-state index contributed by atoms with van der Waals surface area (Å²) >= 11 is 1.43. The molecule has 0 saturated carbocycles. The average Bonchev–Trinajstić information content (AvgIpc) is 3.05. The Balaban J connectivity index is 1.69. The summed E-state index contributed by atoms with van der Waals surface area (Å²) in [6.45, 7) is 4.70. The number of amides is 1. The topological polar surface area (TPSA) is 58.9 Å². The quantitative estimate of drug-likeness (QED) is 0.784. The first kappa shape index (κ1) is 13.7. The van der Waals surface area contributed by atoms with Crippen LogP contribution in [0.2, 0.25) is 0 Å². The molecule has 0 atom stereocenters. The van der Waals surface area contributed by atoms with Crippen molar-refractivity contribution in [2.75, 3.05) is 26.3 Å². The van der Waals surface area contributed by atoms with Crippen LogP contribution in [0.25, 0.3) is 16.0 Å². The fourth-order valence-corrected chi connectivity index (χ4v) is 3.77. The maximum Gasteiger partial charge on any atom is 0.277 e. The third kappa shape index (κ3) is 2.18. The molecule has 0 radical (unpaired) electrons. The van der Waals surface area contributed by atoms with Gasteiger partial charge in [-0.1, -0.05) is 23.5 Å². The van der Waals surface area contributed by atoms with Crippen LogP contribution in [0.3, 0.4) is 0 Å². The predicted octanol–water partition coefficient (Wildman–Crippen LogP) is 1.83. The van der Waals surface area contributed by atoms with E-state index in [2.05, 4.69) is 10.4 Å². The second-order valence-corrected chi connectivity index (χ2v) is 6.25. The van der Waals surface area contributed by atoms with Crippen LogP contribution in [0.1, 0.15) is 15.4 Å². The monoisotopic (exact) mass is 316 g/mol. The lowest BCUT2D eigenvalue weighted by Gasteiger charge is -2.26. The van der Waals surface area contributed by atoms with Crippen LogP contribution < -0.4 is 5.43 Å². The third-order valence-corrected chi connectivity index (χ3v) is 5.01. The summed E-state index contributed by atoms with van der Waals surface area (Å²) in [5.41, 5.74) is 5.88. The number of nitrogens with zero attached hydrogens (tertiary/aromatic N) is 3. The van der Waals surface area contributed by atoms with Crippen LogP contribution in [-0.4, -0.2) is 46.6 Å². The number of nitrogens with one attached hydrogen (secondary N) is 1. The summed E-state index contributed by atoms with van der Waals surface area (Å²) in [6, 6.07) is 7.97. The Labute approximate surface area is 131 Å². The summed E-state index contributed by atoms with van der Waals surface area (Å²) < 4.78 is 7.34. The summed E-state index contributed by atoms with van der Waals surface area (Å²) in [7, 11) is 0. The Morgan fingerprint density at radius 3 is 2.91 bits per heavy atom. The standard InChI is InChI=1S/C15H16N4O2S/c1-10-13(14(20)17-18-6-8-21-9-7-18)22-15-16-11-4-2-3-5-12(11)19(10)15/h2-5H,6-9H2,1H3,(H,17,20). The number of hydrogen-bond acceptors (Lipinski definition) is 5. The lowest BCUT2D eigenvalue weighted by atomic mass is 10.3. The van der Waals surface area contributed by atoms with Gasteiger partial charge in [0.2, 0.25) is 0 Å². The van der Waals surface area contributed by atoms with Crippen molar-refractivity contribution in [1.82, 2.24) is 19.8 Å². The minimum absolute atomic E-state index is 0.0704. The Hall–Kier alpha value is -1.96. The number of carbonyl (C=O) groups excluding carboxylic acids is 1. The molecule has 0 aliphatic carbocycles. The molecule has 1 fully saturated rings. The molecule has 3 heterocycles. The average molecular weight is 316 g/mol. The molecule has 1 amide bonds. The largest absolute Gasteiger partial charge is 0.379 e. The van der Waals surface area contributed by atoms with E-state index in [1.165, 1.54) is 11.3 Å². The summed E-state index contributed by atoms with van der Waals surface area (Å²) in [4.78, 5) is 18.7. The number of hydrazine groups is 1. The van der Waals surface area contributed by atoms with E-state index in [4.69, 9.17) is 4.74 Å². The van der Waals surface area contributed by atoms with E-state index >= 15 is 0 Å². The SMILES string of the molecule is Cc1c(C(=O)NN2CCOCC2)sc2nc3ccccc3n12. The highest BCUT2D eigenvalue weighted by molar-refractivity contribution is 7.19. The molecule has 114 valence electrons. The lowest BCUT2D eigenvalue weighted by Crippen LogP contribution is -2.48. The summed E-state index contributed by atoms with van der Waals surface area (Å²) in [6.07, 6.45) is 0. The van der Waals surface area contributed by atoms with Gasteiger partial charge in [-0.3, -0.25) is 14.6 Å². The van der Waals surface area contributed by atoms with Gasteiger partial charge in [0.15, 0.2) is 4.96 Å². The number of imidazole rings is 1. The van der Waals surface area contributed by atoms with Gasteiger partial charge in [-0.2, -0.15) is 0 Å². The first-order valence-electron chi connectivity index (χ1n) is 7.24. The third-order valence-electron chi connectivity index (χ3n) is 3.86. The molecule has 1 saturated heterocycles. The first-order valence-corrected chi connectivity index (χ1v) is 8.06.